The van der Waals surface area contributed by atoms with Gasteiger partial charge in [-0.1, -0.05) is 0 Å². The Morgan fingerprint density at radius 2 is 1.94 bits per heavy atom. The number of rotatable bonds is 8. The lowest BCUT2D eigenvalue weighted by Gasteiger charge is -2.26. The number of halogens is 3. The van der Waals surface area contributed by atoms with E-state index in [1.165, 1.54) is 11.4 Å². The van der Waals surface area contributed by atoms with E-state index in [-0.39, 0.29) is 24.6 Å². The minimum Gasteiger partial charge on any atom is -0.481 e. The number of ether oxygens (including phenoxy) is 2. The molecule has 0 unspecified atom stereocenters. The van der Waals surface area contributed by atoms with Crippen LogP contribution in [0.1, 0.15) is 12.0 Å². The van der Waals surface area contributed by atoms with Gasteiger partial charge in [-0.25, -0.2) is 13.4 Å². The minimum atomic E-state index is -4.84. The standard InChI is InChI=1S/C19H20F3N3O5S/c1-28-18-12-14(6-9-23-18)13-29-24-15-7-10-25(11-8-15)31(26,27)17-4-2-16(3-5-17)30-19(20,21)22/h2-7,9,12,24H,8,10-11,13H2,1H3. The summed E-state index contributed by atoms with van der Waals surface area (Å²) in [5, 5.41) is 0. The number of pyridine rings is 1. The Kier molecular flexibility index (Phi) is 7.03. The maximum absolute atomic E-state index is 12.7. The van der Waals surface area contributed by atoms with E-state index in [1.54, 1.807) is 24.4 Å². The number of nitrogens with zero attached hydrogens (tertiary/aromatic N) is 2. The molecule has 0 radical (unpaired) electrons. The summed E-state index contributed by atoms with van der Waals surface area (Å²) in [4.78, 5) is 9.33. The molecule has 1 aromatic heterocycles. The summed E-state index contributed by atoms with van der Waals surface area (Å²) < 4.78 is 72.2. The van der Waals surface area contributed by atoms with Crippen LogP contribution in [0.4, 0.5) is 13.2 Å². The van der Waals surface area contributed by atoms with Crippen molar-refractivity contribution in [2.45, 2.75) is 24.3 Å². The highest BCUT2D eigenvalue weighted by Gasteiger charge is 2.31. The van der Waals surface area contributed by atoms with Crippen LogP contribution in [0, 0.1) is 0 Å². The van der Waals surface area contributed by atoms with E-state index in [0.29, 0.717) is 12.3 Å². The van der Waals surface area contributed by atoms with Crippen LogP contribution < -0.4 is 15.0 Å². The number of hydrogen-bond acceptors (Lipinski definition) is 7. The molecule has 2 aromatic rings. The average molecular weight is 459 g/mol. The van der Waals surface area contributed by atoms with E-state index in [4.69, 9.17) is 9.57 Å². The molecule has 0 atom stereocenters. The van der Waals surface area contributed by atoms with Crippen molar-refractivity contribution in [3.05, 3.63) is 59.9 Å². The maximum atomic E-state index is 12.7. The zero-order valence-corrected chi connectivity index (χ0v) is 17.2. The van der Waals surface area contributed by atoms with Crippen LogP contribution in [-0.2, 0) is 21.5 Å². The second-order valence-corrected chi connectivity index (χ2v) is 8.40. The summed E-state index contributed by atoms with van der Waals surface area (Å²) in [6.07, 6.45) is -1.18. The van der Waals surface area contributed by atoms with Crippen molar-refractivity contribution < 1.29 is 35.9 Å². The zero-order chi connectivity index (χ0) is 22.5. The van der Waals surface area contributed by atoms with Gasteiger partial charge >= 0.3 is 6.36 Å². The van der Waals surface area contributed by atoms with E-state index in [0.717, 1.165) is 35.5 Å². The first-order valence-corrected chi connectivity index (χ1v) is 10.5. The molecule has 12 heteroatoms. The topological polar surface area (TPSA) is 90.0 Å². The van der Waals surface area contributed by atoms with Gasteiger partial charge in [-0.05, 0) is 42.0 Å². The number of aromatic nitrogens is 1. The van der Waals surface area contributed by atoms with Gasteiger partial charge in [0.05, 0.1) is 18.6 Å². The van der Waals surface area contributed by atoms with Crippen LogP contribution in [0.2, 0.25) is 0 Å². The molecular formula is C19H20F3N3O5S. The Hall–Kier alpha value is -2.83. The first-order valence-electron chi connectivity index (χ1n) is 9.09. The molecule has 0 amide bonds. The third-order valence-corrected chi connectivity index (χ3v) is 6.20. The fourth-order valence-electron chi connectivity index (χ4n) is 2.79. The normalized spacial score (nSPS) is 15.3. The van der Waals surface area contributed by atoms with Crippen LogP contribution in [0.3, 0.4) is 0 Å². The molecule has 2 heterocycles. The monoisotopic (exact) mass is 459 g/mol. The van der Waals surface area contributed by atoms with Crippen molar-refractivity contribution in [1.29, 1.82) is 0 Å². The Morgan fingerprint density at radius 1 is 1.19 bits per heavy atom. The average Bonchev–Trinajstić information content (AvgIpc) is 2.73. The van der Waals surface area contributed by atoms with Crippen molar-refractivity contribution in [2.24, 2.45) is 0 Å². The molecule has 0 saturated heterocycles. The lowest BCUT2D eigenvalue weighted by Crippen LogP contribution is -2.36. The highest BCUT2D eigenvalue weighted by atomic mass is 32.2. The van der Waals surface area contributed by atoms with Gasteiger partial charge in [-0.3, -0.25) is 10.3 Å². The number of benzene rings is 1. The number of alkyl halides is 3. The summed E-state index contributed by atoms with van der Waals surface area (Å²) in [7, 11) is -2.34. The van der Waals surface area contributed by atoms with E-state index in [2.05, 4.69) is 15.2 Å². The molecule has 1 aliphatic rings. The third-order valence-electron chi connectivity index (χ3n) is 4.32. The van der Waals surface area contributed by atoms with Gasteiger partial charge in [0.1, 0.15) is 5.75 Å². The maximum Gasteiger partial charge on any atom is 0.573 e. The largest absolute Gasteiger partial charge is 0.573 e. The van der Waals surface area contributed by atoms with Crippen molar-refractivity contribution in [2.75, 3.05) is 20.2 Å². The summed E-state index contributed by atoms with van der Waals surface area (Å²) >= 11 is 0. The van der Waals surface area contributed by atoms with Gasteiger partial charge < -0.3 is 9.47 Å². The fraction of sp³-hybridized carbons (Fsp3) is 0.316. The zero-order valence-electron chi connectivity index (χ0n) is 16.4. The minimum absolute atomic E-state index is 0.0951. The molecule has 0 fully saturated rings. The van der Waals surface area contributed by atoms with E-state index in [1.807, 2.05) is 0 Å². The van der Waals surface area contributed by atoms with Crippen LogP contribution in [-0.4, -0.2) is 44.3 Å². The molecule has 0 aliphatic carbocycles. The Morgan fingerprint density at radius 3 is 2.55 bits per heavy atom. The van der Waals surface area contributed by atoms with E-state index >= 15 is 0 Å². The van der Waals surface area contributed by atoms with Crippen LogP contribution in [0.5, 0.6) is 11.6 Å². The lowest BCUT2D eigenvalue weighted by atomic mass is 10.2. The van der Waals surface area contributed by atoms with E-state index < -0.39 is 22.1 Å². The number of nitrogens with one attached hydrogen (secondary N) is 1. The Bertz CT molecular complexity index is 1030. The van der Waals surface area contributed by atoms with Crippen molar-refractivity contribution in [3.8, 4) is 11.6 Å². The lowest BCUT2D eigenvalue weighted by molar-refractivity contribution is -0.274. The van der Waals surface area contributed by atoms with Crippen LogP contribution >= 0.6 is 0 Å². The first kappa shape index (κ1) is 22.8. The highest BCUT2D eigenvalue weighted by Crippen LogP contribution is 2.26. The van der Waals surface area contributed by atoms with Gasteiger partial charge in [0.15, 0.2) is 0 Å². The first-order chi connectivity index (χ1) is 14.7. The third kappa shape index (κ3) is 6.32. The molecule has 3 rings (SSSR count). The number of methoxy groups -OCH3 is 1. The molecule has 0 bridgehead atoms. The summed E-state index contributed by atoms with van der Waals surface area (Å²) in [6, 6.07) is 7.61. The molecule has 1 aromatic carbocycles. The highest BCUT2D eigenvalue weighted by molar-refractivity contribution is 7.89. The van der Waals surface area contributed by atoms with Crippen molar-refractivity contribution >= 4 is 10.0 Å². The molecule has 1 aliphatic heterocycles. The predicted octanol–water partition coefficient (Wildman–Crippen LogP) is 2.99. The van der Waals surface area contributed by atoms with Gasteiger partial charge in [-0.2, -0.15) is 4.31 Å². The van der Waals surface area contributed by atoms with E-state index in [9.17, 15) is 21.6 Å². The van der Waals surface area contributed by atoms with Crippen LogP contribution in [0.25, 0.3) is 0 Å². The number of sulfonamides is 1. The number of hydrogen-bond donors (Lipinski definition) is 1. The second-order valence-electron chi connectivity index (χ2n) is 6.46. The summed E-state index contributed by atoms with van der Waals surface area (Å²) in [5.41, 5.74) is 4.37. The van der Waals surface area contributed by atoms with Gasteiger partial charge in [0.25, 0.3) is 0 Å². The molecule has 0 spiro atoms. The Balaban J connectivity index is 1.54. The smallest absolute Gasteiger partial charge is 0.481 e. The predicted molar refractivity (Wildman–Crippen MR) is 103 cm³/mol. The molecule has 31 heavy (non-hydrogen) atoms. The van der Waals surface area contributed by atoms with Gasteiger partial charge in [-0.15, -0.1) is 13.2 Å². The summed E-state index contributed by atoms with van der Waals surface area (Å²) in [6.45, 7) is 0.539. The fourth-order valence-corrected chi connectivity index (χ4v) is 4.17. The molecule has 8 nitrogen and oxygen atoms in total. The molecule has 168 valence electrons. The van der Waals surface area contributed by atoms with Crippen molar-refractivity contribution in [3.63, 3.8) is 0 Å². The van der Waals surface area contributed by atoms with Crippen LogP contribution in [0.15, 0.2) is 59.3 Å². The second kappa shape index (κ2) is 9.54. The molecule has 0 saturated carbocycles. The summed E-state index contributed by atoms with van der Waals surface area (Å²) in [5.74, 6) is -0.0164. The molecule has 1 N–H and O–H groups in total. The van der Waals surface area contributed by atoms with Gasteiger partial charge in [0, 0.05) is 37.5 Å². The van der Waals surface area contributed by atoms with Crippen molar-refractivity contribution in [1.82, 2.24) is 14.8 Å². The number of hydroxylamine groups is 1. The SMILES string of the molecule is COc1cc(CONC2=CCN(S(=O)(=O)c3ccc(OC(F)(F)F)cc3)CC2)ccn1. The Labute approximate surface area is 177 Å². The molecular weight excluding hydrogens is 439 g/mol. The quantitative estimate of drug-likeness (QED) is 0.607. The van der Waals surface area contributed by atoms with Gasteiger partial charge in [0.2, 0.25) is 15.9 Å².